The summed E-state index contributed by atoms with van der Waals surface area (Å²) in [5, 5.41) is 6.32. The summed E-state index contributed by atoms with van der Waals surface area (Å²) in [4.78, 5) is 28.5. The number of rotatable bonds is 10. The molecule has 1 aliphatic heterocycles. The second kappa shape index (κ2) is 12.0. The van der Waals surface area contributed by atoms with E-state index in [4.69, 9.17) is 19.3 Å². The van der Waals surface area contributed by atoms with Gasteiger partial charge in [-0.1, -0.05) is 43.2 Å². The fourth-order valence-electron chi connectivity index (χ4n) is 5.01. The molecule has 8 heteroatoms. The molecule has 2 aromatic carbocycles. The van der Waals surface area contributed by atoms with E-state index in [9.17, 15) is 9.59 Å². The van der Waals surface area contributed by atoms with Crippen molar-refractivity contribution < 1.29 is 23.8 Å². The zero-order valence-electron chi connectivity index (χ0n) is 21.3. The molecule has 2 aliphatic rings. The van der Waals surface area contributed by atoms with Crippen molar-refractivity contribution >= 4 is 17.5 Å². The van der Waals surface area contributed by atoms with Gasteiger partial charge in [-0.05, 0) is 30.5 Å². The minimum Gasteiger partial charge on any atom is -0.497 e. The number of ether oxygens (including phenoxy) is 3. The summed E-state index contributed by atoms with van der Waals surface area (Å²) in [6.45, 7) is 0.730. The van der Waals surface area contributed by atoms with Crippen LogP contribution >= 0.6 is 0 Å². The van der Waals surface area contributed by atoms with Crippen LogP contribution in [0.4, 0.5) is 0 Å². The molecular formula is C28H35N3O5. The van der Waals surface area contributed by atoms with E-state index in [0.717, 1.165) is 42.5 Å². The SMILES string of the molecule is COCCN(CC(=O)N1N=C(c2ccc(OC)cc2OC)CC1c1ccccc1)C(=O)C1CCCC1. The quantitative estimate of drug-likeness (QED) is 0.499. The van der Waals surface area contributed by atoms with Crippen molar-refractivity contribution in [3.63, 3.8) is 0 Å². The Morgan fingerprint density at radius 3 is 2.44 bits per heavy atom. The number of benzene rings is 2. The van der Waals surface area contributed by atoms with Gasteiger partial charge in [0.25, 0.3) is 5.91 Å². The zero-order chi connectivity index (χ0) is 25.5. The summed E-state index contributed by atoms with van der Waals surface area (Å²) < 4.78 is 16.2. The van der Waals surface area contributed by atoms with E-state index < -0.39 is 0 Å². The Balaban J connectivity index is 1.62. The molecule has 0 N–H and O–H groups in total. The van der Waals surface area contributed by atoms with Crippen LogP contribution in [0.2, 0.25) is 0 Å². The first-order valence-corrected chi connectivity index (χ1v) is 12.5. The lowest BCUT2D eigenvalue weighted by Gasteiger charge is -2.28. The van der Waals surface area contributed by atoms with E-state index in [1.54, 1.807) is 26.2 Å². The molecule has 1 unspecified atom stereocenters. The Morgan fingerprint density at radius 2 is 1.78 bits per heavy atom. The van der Waals surface area contributed by atoms with Crippen molar-refractivity contribution in [3.05, 3.63) is 59.7 Å². The summed E-state index contributed by atoms with van der Waals surface area (Å²) in [6.07, 6.45) is 4.41. The van der Waals surface area contributed by atoms with Crippen molar-refractivity contribution in [1.82, 2.24) is 9.91 Å². The first-order chi connectivity index (χ1) is 17.5. The zero-order valence-corrected chi connectivity index (χ0v) is 21.3. The minimum atomic E-state index is -0.272. The molecule has 2 amide bonds. The highest BCUT2D eigenvalue weighted by molar-refractivity contribution is 6.05. The third-order valence-corrected chi connectivity index (χ3v) is 6.98. The predicted molar refractivity (Wildman–Crippen MR) is 137 cm³/mol. The number of amides is 2. The van der Waals surface area contributed by atoms with Crippen LogP contribution in [0.1, 0.15) is 49.3 Å². The Kier molecular flexibility index (Phi) is 8.59. The van der Waals surface area contributed by atoms with Crippen LogP contribution in [0.15, 0.2) is 53.6 Å². The maximum Gasteiger partial charge on any atom is 0.262 e. The third kappa shape index (κ3) is 5.70. The van der Waals surface area contributed by atoms with Gasteiger partial charge in [-0.15, -0.1) is 0 Å². The first kappa shape index (κ1) is 25.7. The van der Waals surface area contributed by atoms with Gasteiger partial charge in [0.05, 0.1) is 32.6 Å². The van der Waals surface area contributed by atoms with Gasteiger partial charge in [0.2, 0.25) is 5.91 Å². The molecule has 1 atom stereocenters. The minimum absolute atomic E-state index is 0.0132. The second-order valence-corrected chi connectivity index (χ2v) is 9.22. The molecule has 192 valence electrons. The van der Waals surface area contributed by atoms with Gasteiger partial charge in [0.15, 0.2) is 0 Å². The molecule has 36 heavy (non-hydrogen) atoms. The van der Waals surface area contributed by atoms with Gasteiger partial charge in [0, 0.05) is 37.6 Å². The van der Waals surface area contributed by atoms with E-state index in [1.165, 1.54) is 5.01 Å². The average Bonchev–Trinajstić information content (AvgIpc) is 3.61. The van der Waals surface area contributed by atoms with Crippen molar-refractivity contribution in [2.24, 2.45) is 11.0 Å². The molecule has 1 saturated carbocycles. The molecule has 2 aromatic rings. The third-order valence-electron chi connectivity index (χ3n) is 6.98. The normalized spacial score (nSPS) is 17.7. The molecule has 0 aromatic heterocycles. The van der Waals surface area contributed by atoms with Crippen molar-refractivity contribution in [1.29, 1.82) is 0 Å². The van der Waals surface area contributed by atoms with E-state index in [1.807, 2.05) is 48.5 Å². The number of nitrogens with zero attached hydrogens (tertiary/aromatic N) is 3. The molecule has 4 rings (SSSR count). The molecular weight excluding hydrogens is 458 g/mol. The van der Waals surface area contributed by atoms with Crippen LogP contribution in [0, 0.1) is 5.92 Å². The molecule has 1 fully saturated rings. The topological polar surface area (TPSA) is 80.7 Å². The molecule has 0 radical (unpaired) electrons. The van der Waals surface area contributed by atoms with Crippen LogP contribution in [-0.4, -0.2) is 68.5 Å². The maximum absolute atomic E-state index is 13.7. The van der Waals surface area contributed by atoms with Crippen molar-refractivity contribution in [2.45, 2.75) is 38.1 Å². The van der Waals surface area contributed by atoms with E-state index in [0.29, 0.717) is 31.1 Å². The molecule has 1 heterocycles. The van der Waals surface area contributed by atoms with Gasteiger partial charge in [-0.3, -0.25) is 9.59 Å². The summed E-state index contributed by atoms with van der Waals surface area (Å²) in [6, 6.07) is 15.2. The predicted octanol–water partition coefficient (Wildman–Crippen LogP) is 4.05. The summed E-state index contributed by atoms with van der Waals surface area (Å²) in [7, 11) is 4.81. The van der Waals surface area contributed by atoms with Crippen molar-refractivity contribution in [2.75, 3.05) is 41.0 Å². The van der Waals surface area contributed by atoms with Gasteiger partial charge < -0.3 is 19.1 Å². The summed E-state index contributed by atoms with van der Waals surface area (Å²) in [5.74, 6) is 1.12. The van der Waals surface area contributed by atoms with Gasteiger partial charge in [-0.25, -0.2) is 5.01 Å². The maximum atomic E-state index is 13.7. The Bertz CT molecular complexity index is 1080. The summed E-state index contributed by atoms with van der Waals surface area (Å²) >= 11 is 0. The first-order valence-electron chi connectivity index (χ1n) is 12.5. The van der Waals surface area contributed by atoms with Gasteiger partial charge in [-0.2, -0.15) is 5.10 Å². The monoisotopic (exact) mass is 493 g/mol. The van der Waals surface area contributed by atoms with Gasteiger partial charge in [0.1, 0.15) is 18.0 Å². The van der Waals surface area contributed by atoms with Crippen LogP contribution in [0.3, 0.4) is 0 Å². The Morgan fingerprint density at radius 1 is 1.03 bits per heavy atom. The number of hydrogen-bond donors (Lipinski definition) is 0. The fourth-order valence-corrected chi connectivity index (χ4v) is 5.01. The van der Waals surface area contributed by atoms with E-state index in [2.05, 4.69) is 0 Å². The highest BCUT2D eigenvalue weighted by Gasteiger charge is 2.36. The standard InChI is InChI=1S/C28H35N3O5/c1-34-16-15-30(28(33)21-11-7-8-12-21)19-27(32)31-25(20-9-5-4-6-10-20)18-24(29-31)23-14-13-22(35-2)17-26(23)36-3/h4-6,9-10,13-14,17,21,25H,7-8,11-12,15-16,18-19H2,1-3H3. The lowest BCUT2D eigenvalue weighted by molar-refractivity contribution is -0.144. The Labute approximate surface area is 212 Å². The van der Waals surface area contributed by atoms with Crippen LogP contribution in [0.25, 0.3) is 0 Å². The van der Waals surface area contributed by atoms with Crippen molar-refractivity contribution in [3.8, 4) is 11.5 Å². The molecule has 8 nitrogen and oxygen atoms in total. The lowest BCUT2D eigenvalue weighted by Crippen LogP contribution is -2.44. The molecule has 0 spiro atoms. The van der Waals surface area contributed by atoms with Crippen LogP contribution < -0.4 is 9.47 Å². The van der Waals surface area contributed by atoms with Crippen LogP contribution in [0.5, 0.6) is 11.5 Å². The summed E-state index contributed by atoms with van der Waals surface area (Å²) in [5.41, 5.74) is 2.55. The molecule has 1 aliphatic carbocycles. The highest BCUT2D eigenvalue weighted by atomic mass is 16.5. The smallest absolute Gasteiger partial charge is 0.262 e. The lowest BCUT2D eigenvalue weighted by atomic mass is 9.98. The number of methoxy groups -OCH3 is 3. The average molecular weight is 494 g/mol. The molecule has 0 saturated heterocycles. The highest BCUT2D eigenvalue weighted by Crippen LogP contribution is 2.36. The second-order valence-electron chi connectivity index (χ2n) is 9.22. The van der Waals surface area contributed by atoms with Gasteiger partial charge >= 0.3 is 0 Å². The molecule has 0 bridgehead atoms. The van der Waals surface area contributed by atoms with Crippen LogP contribution in [-0.2, 0) is 14.3 Å². The Hall–Kier alpha value is -3.39. The number of hydrazone groups is 1. The fraction of sp³-hybridized carbons (Fsp3) is 0.464. The largest absolute Gasteiger partial charge is 0.497 e. The number of carbonyl (C=O) groups is 2. The van der Waals surface area contributed by atoms with E-state index in [-0.39, 0.29) is 30.3 Å². The number of carbonyl (C=O) groups excluding carboxylic acids is 2. The number of hydrogen-bond acceptors (Lipinski definition) is 6. The van der Waals surface area contributed by atoms with E-state index >= 15 is 0 Å².